The van der Waals surface area contributed by atoms with Crippen LogP contribution in [0.2, 0.25) is 0 Å². The van der Waals surface area contributed by atoms with Crippen molar-refractivity contribution in [3.8, 4) is 0 Å². The van der Waals surface area contributed by atoms with Gasteiger partial charge < -0.3 is 10.1 Å². The topological polar surface area (TPSA) is 34.1 Å². The van der Waals surface area contributed by atoms with Crippen LogP contribution in [0.1, 0.15) is 69.1 Å². The van der Waals surface area contributed by atoms with E-state index in [1.165, 1.54) is 16.3 Å². The predicted molar refractivity (Wildman–Crippen MR) is 87.7 cm³/mol. The van der Waals surface area contributed by atoms with Crippen molar-refractivity contribution in [1.29, 1.82) is 0 Å². The molecule has 0 bridgehead atoms. The number of aromatic nitrogens is 1. The van der Waals surface area contributed by atoms with Crippen LogP contribution >= 0.6 is 11.3 Å². The number of unbranched alkanes of at least 4 members (excludes halogenated alkanes) is 1. The Bertz CT molecular complexity index is 396. The summed E-state index contributed by atoms with van der Waals surface area (Å²) in [5, 5.41) is 4.75. The summed E-state index contributed by atoms with van der Waals surface area (Å²) in [5.41, 5.74) is 1.29. The van der Waals surface area contributed by atoms with Gasteiger partial charge in [0.2, 0.25) is 0 Å². The molecule has 3 nitrogen and oxygen atoms in total. The third-order valence-corrected chi connectivity index (χ3v) is 4.97. The van der Waals surface area contributed by atoms with Crippen LogP contribution in [0.5, 0.6) is 0 Å². The molecule has 20 heavy (non-hydrogen) atoms. The fraction of sp³-hybridized carbons (Fsp3) is 0.812. The molecule has 0 amide bonds. The van der Waals surface area contributed by atoms with Gasteiger partial charge in [-0.3, -0.25) is 0 Å². The normalized spacial score (nSPS) is 13.7. The second-order valence-corrected chi connectivity index (χ2v) is 7.39. The van der Waals surface area contributed by atoms with Crippen LogP contribution in [0.3, 0.4) is 0 Å². The Hall–Kier alpha value is -0.450. The van der Waals surface area contributed by atoms with Gasteiger partial charge in [-0.05, 0) is 20.3 Å². The number of hydrogen-bond donors (Lipinski definition) is 1. The molecule has 1 aromatic rings. The molecule has 0 radical (unpaired) electrons. The smallest absolute Gasteiger partial charge is 0.0985 e. The van der Waals surface area contributed by atoms with E-state index < -0.39 is 0 Å². The molecule has 1 N–H and O–H groups in total. The maximum absolute atomic E-state index is 5.58. The van der Waals surface area contributed by atoms with Crippen LogP contribution < -0.4 is 5.32 Å². The molecule has 1 atom stereocenters. The summed E-state index contributed by atoms with van der Waals surface area (Å²) in [6.45, 7) is 15.7. The van der Waals surface area contributed by atoms with E-state index in [1.807, 2.05) is 11.3 Å². The van der Waals surface area contributed by atoms with Crippen molar-refractivity contribution in [2.24, 2.45) is 0 Å². The summed E-state index contributed by atoms with van der Waals surface area (Å²) < 4.78 is 5.58. The fourth-order valence-electron chi connectivity index (χ4n) is 1.92. The summed E-state index contributed by atoms with van der Waals surface area (Å²) >= 11 is 1.83. The van der Waals surface area contributed by atoms with Crippen molar-refractivity contribution in [3.05, 3.63) is 15.6 Å². The second kappa shape index (κ2) is 8.11. The molecular weight excluding hydrogens is 268 g/mol. The Balaban J connectivity index is 2.43. The van der Waals surface area contributed by atoms with E-state index in [1.54, 1.807) is 0 Å². The highest BCUT2D eigenvalue weighted by molar-refractivity contribution is 7.12. The van der Waals surface area contributed by atoms with Crippen molar-refractivity contribution in [3.63, 3.8) is 0 Å². The molecule has 0 saturated carbocycles. The lowest BCUT2D eigenvalue weighted by Gasteiger charge is -2.14. The molecule has 0 aliphatic rings. The number of aryl methyl sites for hydroxylation is 1. The van der Waals surface area contributed by atoms with E-state index in [2.05, 4.69) is 46.9 Å². The highest BCUT2D eigenvalue weighted by Crippen LogP contribution is 2.32. The third-order valence-electron chi connectivity index (χ3n) is 3.21. The van der Waals surface area contributed by atoms with Gasteiger partial charge in [0.05, 0.1) is 17.3 Å². The first kappa shape index (κ1) is 17.6. The van der Waals surface area contributed by atoms with E-state index in [9.17, 15) is 0 Å². The largest absolute Gasteiger partial charge is 0.380 e. The molecule has 0 aliphatic carbocycles. The van der Waals surface area contributed by atoms with Gasteiger partial charge in [-0.2, -0.15) is 0 Å². The van der Waals surface area contributed by atoms with E-state index in [0.29, 0.717) is 6.04 Å². The molecule has 1 aromatic heterocycles. The lowest BCUT2D eigenvalue weighted by atomic mass is 9.98. The van der Waals surface area contributed by atoms with Gasteiger partial charge in [-0.15, -0.1) is 11.3 Å². The molecular formula is C16H30N2OS. The molecule has 0 aromatic carbocycles. The minimum atomic E-state index is 0.136. The number of hydrogen-bond acceptors (Lipinski definition) is 4. The van der Waals surface area contributed by atoms with E-state index in [-0.39, 0.29) is 5.41 Å². The second-order valence-electron chi connectivity index (χ2n) is 6.36. The maximum Gasteiger partial charge on any atom is 0.0985 e. The predicted octanol–water partition coefficient (Wildman–Crippen LogP) is 4.22. The van der Waals surface area contributed by atoms with Gasteiger partial charge in [-0.25, -0.2) is 4.98 Å². The Morgan fingerprint density at radius 2 is 2.00 bits per heavy atom. The Kier molecular flexibility index (Phi) is 7.13. The summed E-state index contributed by atoms with van der Waals surface area (Å²) in [6, 6.07) is 0.346. The lowest BCUT2D eigenvalue weighted by Crippen LogP contribution is -2.23. The molecule has 0 fully saturated rings. The molecule has 1 rings (SSSR count). The van der Waals surface area contributed by atoms with Crippen LogP contribution in [-0.2, 0) is 10.2 Å². The Labute approximate surface area is 128 Å². The van der Waals surface area contributed by atoms with E-state index in [0.717, 1.165) is 31.9 Å². The summed E-state index contributed by atoms with van der Waals surface area (Å²) in [6.07, 6.45) is 2.35. The standard InChI is InChI=1S/C16H30N2OS/c1-7-8-10-19-11-9-17-12(2)14-13(3)18-15(20-14)16(4,5)6/h12,17H,7-11H2,1-6H3. The number of rotatable bonds is 8. The summed E-state index contributed by atoms with van der Waals surface area (Å²) in [5.74, 6) is 0. The Morgan fingerprint density at radius 1 is 1.30 bits per heavy atom. The first-order valence-electron chi connectivity index (χ1n) is 7.65. The minimum Gasteiger partial charge on any atom is -0.380 e. The van der Waals surface area contributed by atoms with Crippen LogP contribution in [0.4, 0.5) is 0 Å². The average molecular weight is 298 g/mol. The molecule has 1 unspecified atom stereocenters. The zero-order valence-corrected chi connectivity index (χ0v) is 14.7. The van der Waals surface area contributed by atoms with Gasteiger partial charge in [0.15, 0.2) is 0 Å². The first-order chi connectivity index (χ1) is 9.36. The van der Waals surface area contributed by atoms with Crippen molar-refractivity contribution in [1.82, 2.24) is 10.3 Å². The van der Waals surface area contributed by atoms with Crippen LogP contribution in [0, 0.1) is 6.92 Å². The number of nitrogens with zero attached hydrogens (tertiary/aromatic N) is 1. The molecule has 0 saturated heterocycles. The van der Waals surface area contributed by atoms with Gasteiger partial charge in [0, 0.05) is 29.5 Å². The van der Waals surface area contributed by atoms with Crippen LogP contribution in [0.25, 0.3) is 0 Å². The highest BCUT2D eigenvalue weighted by Gasteiger charge is 2.22. The number of thiazole rings is 1. The zero-order valence-electron chi connectivity index (χ0n) is 13.9. The van der Waals surface area contributed by atoms with Gasteiger partial charge >= 0.3 is 0 Å². The summed E-state index contributed by atoms with van der Waals surface area (Å²) in [4.78, 5) is 6.07. The first-order valence-corrected chi connectivity index (χ1v) is 8.46. The summed E-state index contributed by atoms with van der Waals surface area (Å²) in [7, 11) is 0. The van der Waals surface area contributed by atoms with Crippen molar-refractivity contribution in [2.45, 2.75) is 65.8 Å². The Morgan fingerprint density at radius 3 is 2.55 bits per heavy atom. The van der Waals surface area contributed by atoms with E-state index in [4.69, 9.17) is 9.72 Å². The van der Waals surface area contributed by atoms with Gasteiger partial charge in [0.25, 0.3) is 0 Å². The lowest BCUT2D eigenvalue weighted by molar-refractivity contribution is 0.131. The average Bonchev–Trinajstić information content (AvgIpc) is 2.75. The van der Waals surface area contributed by atoms with Crippen molar-refractivity contribution < 1.29 is 4.74 Å². The van der Waals surface area contributed by atoms with Crippen LogP contribution in [-0.4, -0.2) is 24.7 Å². The van der Waals surface area contributed by atoms with Crippen molar-refractivity contribution in [2.75, 3.05) is 19.8 Å². The minimum absolute atomic E-state index is 0.136. The maximum atomic E-state index is 5.58. The third kappa shape index (κ3) is 5.51. The fourth-order valence-corrected chi connectivity index (χ4v) is 3.07. The SMILES string of the molecule is CCCCOCCNC(C)c1sc(C(C)(C)C)nc1C. The zero-order chi connectivity index (χ0) is 15.2. The van der Waals surface area contributed by atoms with Gasteiger partial charge in [0.1, 0.15) is 0 Å². The molecule has 0 aliphatic heterocycles. The quantitative estimate of drug-likeness (QED) is 0.730. The number of ether oxygens (including phenoxy) is 1. The molecule has 1 heterocycles. The van der Waals surface area contributed by atoms with E-state index >= 15 is 0 Å². The molecule has 0 spiro atoms. The van der Waals surface area contributed by atoms with Gasteiger partial charge in [-0.1, -0.05) is 34.1 Å². The molecule has 116 valence electrons. The van der Waals surface area contributed by atoms with Crippen LogP contribution in [0.15, 0.2) is 0 Å². The molecule has 4 heteroatoms. The monoisotopic (exact) mass is 298 g/mol. The highest BCUT2D eigenvalue weighted by atomic mass is 32.1. The number of nitrogens with one attached hydrogen (secondary N) is 1. The van der Waals surface area contributed by atoms with Crippen molar-refractivity contribution >= 4 is 11.3 Å².